The van der Waals surface area contributed by atoms with Gasteiger partial charge in [0, 0.05) is 18.0 Å². The molecule has 4 rings (SSSR count). The molecule has 2 atom stereocenters. The highest BCUT2D eigenvalue weighted by Crippen LogP contribution is 2.38. The van der Waals surface area contributed by atoms with E-state index in [4.69, 9.17) is 0 Å². The molecule has 0 unspecified atom stereocenters. The highest BCUT2D eigenvalue weighted by molar-refractivity contribution is 7.89. The maximum atomic E-state index is 13.2. The van der Waals surface area contributed by atoms with Gasteiger partial charge in [0.1, 0.15) is 5.92 Å². The zero-order valence-electron chi connectivity index (χ0n) is 15.5. The number of rotatable bonds is 5. The fraction of sp³-hybridized carbons (Fsp3) is 0.130. The molecule has 1 amide bonds. The second kappa shape index (κ2) is 7.64. The number of nitrogens with zero attached hydrogens (tertiary/aromatic N) is 1. The third kappa shape index (κ3) is 3.47. The lowest BCUT2D eigenvalue weighted by Crippen LogP contribution is -2.35. The van der Waals surface area contributed by atoms with E-state index in [1.54, 1.807) is 48.5 Å². The highest BCUT2D eigenvalue weighted by Gasteiger charge is 2.50. The molecule has 1 saturated heterocycles. The summed E-state index contributed by atoms with van der Waals surface area (Å²) >= 11 is 0. The van der Waals surface area contributed by atoms with E-state index < -0.39 is 27.8 Å². The molecule has 1 aliphatic heterocycles. The van der Waals surface area contributed by atoms with Gasteiger partial charge in [0.15, 0.2) is 5.78 Å². The molecule has 0 radical (unpaired) electrons. The van der Waals surface area contributed by atoms with Crippen LogP contribution >= 0.6 is 0 Å². The minimum atomic E-state index is -4.05. The first kappa shape index (κ1) is 19.1. The SMILES string of the molecule is O=C(c1ccccc1)[C@@H]1C(=O)N(S(=O)(=O)c2ccccc2)C[C@@H]1c1ccccc1. The van der Waals surface area contributed by atoms with Gasteiger partial charge in [-0.15, -0.1) is 0 Å². The van der Waals surface area contributed by atoms with Crippen LogP contribution < -0.4 is 0 Å². The Morgan fingerprint density at radius 3 is 1.90 bits per heavy atom. The number of Topliss-reactive ketones (excluding diaryl/α,β-unsaturated/α-hetero) is 1. The molecular weight excluding hydrogens is 386 g/mol. The molecule has 6 heteroatoms. The summed E-state index contributed by atoms with van der Waals surface area (Å²) in [6.07, 6.45) is 0. The summed E-state index contributed by atoms with van der Waals surface area (Å²) < 4.78 is 27.1. The van der Waals surface area contributed by atoms with Gasteiger partial charge in [-0.1, -0.05) is 78.9 Å². The monoisotopic (exact) mass is 405 g/mol. The molecule has 29 heavy (non-hydrogen) atoms. The van der Waals surface area contributed by atoms with Crippen molar-refractivity contribution in [2.24, 2.45) is 5.92 Å². The van der Waals surface area contributed by atoms with Gasteiger partial charge < -0.3 is 0 Å². The molecule has 1 fully saturated rings. The molecule has 0 aliphatic carbocycles. The fourth-order valence-corrected chi connectivity index (χ4v) is 5.18. The number of hydrogen-bond acceptors (Lipinski definition) is 4. The lowest BCUT2D eigenvalue weighted by atomic mass is 9.83. The number of hydrogen-bond donors (Lipinski definition) is 0. The predicted molar refractivity (Wildman–Crippen MR) is 109 cm³/mol. The number of sulfonamides is 1. The van der Waals surface area contributed by atoms with Crippen LogP contribution in [-0.2, 0) is 14.8 Å². The van der Waals surface area contributed by atoms with Crippen molar-refractivity contribution in [3.05, 3.63) is 102 Å². The minimum absolute atomic E-state index is 0.0352. The van der Waals surface area contributed by atoms with Crippen LogP contribution in [0.5, 0.6) is 0 Å². The second-order valence-electron chi connectivity index (χ2n) is 6.91. The second-order valence-corrected chi connectivity index (χ2v) is 8.77. The van der Waals surface area contributed by atoms with Crippen LogP contribution in [0.2, 0.25) is 0 Å². The molecule has 146 valence electrons. The molecule has 5 nitrogen and oxygen atoms in total. The van der Waals surface area contributed by atoms with Gasteiger partial charge >= 0.3 is 0 Å². The van der Waals surface area contributed by atoms with E-state index in [1.165, 1.54) is 12.1 Å². The van der Waals surface area contributed by atoms with Gasteiger partial charge in [0.25, 0.3) is 10.0 Å². The Kier molecular flexibility index (Phi) is 5.03. The van der Waals surface area contributed by atoms with Crippen molar-refractivity contribution in [3.63, 3.8) is 0 Å². The zero-order chi connectivity index (χ0) is 20.4. The van der Waals surface area contributed by atoms with Crippen molar-refractivity contribution in [2.45, 2.75) is 10.8 Å². The van der Waals surface area contributed by atoms with Gasteiger partial charge in [-0.2, -0.15) is 0 Å². The van der Waals surface area contributed by atoms with Crippen molar-refractivity contribution in [2.75, 3.05) is 6.54 Å². The standard InChI is InChI=1S/C23H19NO4S/c25-22(18-12-6-2-7-13-18)21-20(17-10-4-1-5-11-17)16-24(23(21)26)29(27,28)19-14-8-3-9-15-19/h1-15,20-21H,16H2/t20-,21-/m1/s1. The van der Waals surface area contributed by atoms with E-state index in [2.05, 4.69) is 0 Å². The maximum absolute atomic E-state index is 13.2. The molecule has 0 saturated carbocycles. The quantitative estimate of drug-likeness (QED) is 0.481. The van der Waals surface area contributed by atoms with Gasteiger partial charge in [0.05, 0.1) is 4.90 Å². The first-order valence-corrected chi connectivity index (χ1v) is 10.7. The molecule has 0 bridgehead atoms. The van der Waals surface area contributed by atoms with E-state index in [-0.39, 0.29) is 17.2 Å². The van der Waals surface area contributed by atoms with E-state index in [0.717, 1.165) is 9.87 Å². The average molecular weight is 405 g/mol. The number of carbonyl (C=O) groups is 2. The molecule has 3 aromatic carbocycles. The van der Waals surface area contributed by atoms with E-state index in [9.17, 15) is 18.0 Å². The first-order valence-electron chi connectivity index (χ1n) is 9.26. The maximum Gasteiger partial charge on any atom is 0.266 e. The summed E-state index contributed by atoms with van der Waals surface area (Å²) in [5.74, 6) is -2.68. The summed E-state index contributed by atoms with van der Waals surface area (Å²) in [6, 6.07) is 25.5. The number of amides is 1. The van der Waals surface area contributed by atoms with Crippen molar-refractivity contribution in [1.82, 2.24) is 4.31 Å². The number of ketones is 1. The Morgan fingerprint density at radius 1 is 0.793 bits per heavy atom. The summed E-state index contributed by atoms with van der Waals surface area (Å²) in [5, 5.41) is 0. The Morgan fingerprint density at radius 2 is 1.31 bits per heavy atom. The van der Waals surface area contributed by atoms with E-state index in [1.807, 2.05) is 30.3 Å². The molecular formula is C23H19NO4S. The van der Waals surface area contributed by atoms with Crippen LogP contribution in [0.15, 0.2) is 95.9 Å². The van der Waals surface area contributed by atoms with Crippen LogP contribution in [0.25, 0.3) is 0 Å². The van der Waals surface area contributed by atoms with Crippen LogP contribution in [-0.4, -0.2) is 31.0 Å². The smallest absolute Gasteiger partial charge is 0.266 e. The molecule has 1 aliphatic rings. The Hall–Kier alpha value is -3.25. The Balaban J connectivity index is 1.78. The van der Waals surface area contributed by atoms with E-state index in [0.29, 0.717) is 5.56 Å². The average Bonchev–Trinajstić information content (AvgIpc) is 3.13. The Labute approximate surface area is 169 Å². The van der Waals surface area contributed by atoms with Gasteiger partial charge in [-0.05, 0) is 17.7 Å². The van der Waals surface area contributed by atoms with Crippen LogP contribution in [0.3, 0.4) is 0 Å². The third-order valence-corrected chi connectivity index (χ3v) is 6.95. The Bertz CT molecular complexity index is 1130. The largest absolute Gasteiger partial charge is 0.293 e. The molecule has 0 aromatic heterocycles. The van der Waals surface area contributed by atoms with Crippen LogP contribution in [0, 0.1) is 5.92 Å². The van der Waals surface area contributed by atoms with E-state index >= 15 is 0 Å². The molecule has 0 spiro atoms. The van der Waals surface area contributed by atoms with Crippen molar-refractivity contribution < 1.29 is 18.0 Å². The van der Waals surface area contributed by atoms with Crippen molar-refractivity contribution in [3.8, 4) is 0 Å². The molecule has 0 N–H and O–H groups in total. The van der Waals surface area contributed by atoms with Gasteiger partial charge in [-0.3, -0.25) is 9.59 Å². The normalized spacial score (nSPS) is 19.3. The summed E-state index contributed by atoms with van der Waals surface area (Å²) in [7, 11) is -4.05. The molecule has 1 heterocycles. The number of carbonyl (C=O) groups excluding carboxylic acids is 2. The lowest BCUT2D eigenvalue weighted by Gasteiger charge is -2.17. The first-order chi connectivity index (χ1) is 14.0. The van der Waals surface area contributed by atoms with Gasteiger partial charge in [0.2, 0.25) is 5.91 Å². The molecule has 3 aromatic rings. The summed E-state index contributed by atoms with van der Waals surface area (Å²) in [5.41, 5.74) is 1.16. The minimum Gasteiger partial charge on any atom is -0.293 e. The van der Waals surface area contributed by atoms with Crippen LogP contribution in [0.1, 0.15) is 21.8 Å². The van der Waals surface area contributed by atoms with Crippen LogP contribution in [0.4, 0.5) is 0 Å². The number of benzene rings is 3. The zero-order valence-corrected chi connectivity index (χ0v) is 16.3. The predicted octanol–water partition coefficient (Wildman–Crippen LogP) is 3.50. The highest BCUT2D eigenvalue weighted by atomic mass is 32.2. The fourth-order valence-electron chi connectivity index (χ4n) is 3.71. The lowest BCUT2D eigenvalue weighted by molar-refractivity contribution is -0.125. The summed E-state index contributed by atoms with van der Waals surface area (Å²) in [4.78, 5) is 26.5. The third-order valence-electron chi connectivity index (χ3n) is 5.18. The summed E-state index contributed by atoms with van der Waals surface area (Å²) in [6.45, 7) is -0.0662. The van der Waals surface area contributed by atoms with Crippen molar-refractivity contribution in [1.29, 1.82) is 0 Å². The van der Waals surface area contributed by atoms with Crippen molar-refractivity contribution >= 4 is 21.7 Å². The van der Waals surface area contributed by atoms with Gasteiger partial charge in [-0.25, -0.2) is 12.7 Å². The topological polar surface area (TPSA) is 71.5 Å².